The Bertz CT molecular complexity index is 297. The first-order valence-electron chi connectivity index (χ1n) is 4.26. The summed E-state index contributed by atoms with van der Waals surface area (Å²) in [6, 6.07) is 10.9. The van der Waals surface area contributed by atoms with Gasteiger partial charge in [-0.1, -0.05) is 54.3 Å². The average molecular weight is 208 g/mol. The van der Waals surface area contributed by atoms with Gasteiger partial charge in [-0.3, -0.25) is 5.32 Å². The van der Waals surface area contributed by atoms with Gasteiger partial charge in [0.2, 0.25) is 0 Å². The Labute approximate surface area is 87.9 Å². The lowest BCUT2D eigenvalue weighted by atomic mass is 10.1. The monoisotopic (exact) mass is 208 g/mol. The molecule has 0 amide bonds. The molecule has 67 valence electrons. The normalized spacial score (nSPS) is 21.5. The molecular weight excluding hydrogens is 198 g/mol. The number of thiocarbonyl (C=S) groups is 1. The Balaban J connectivity index is 1.96. The van der Waals surface area contributed by atoms with Gasteiger partial charge in [0.1, 0.15) is 0 Å². The van der Waals surface area contributed by atoms with Crippen LogP contribution in [-0.2, 0) is 6.42 Å². The lowest BCUT2D eigenvalue weighted by Crippen LogP contribution is -2.21. The van der Waals surface area contributed by atoms with Crippen molar-refractivity contribution >= 4 is 28.3 Å². The fourth-order valence-corrected chi connectivity index (χ4v) is 2.49. The minimum atomic E-state index is 0.403. The van der Waals surface area contributed by atoms with Gasteiger partial charge in [0.15, 0.2) is 4.32 Å². The van der Waals surface area contributed by atoms with Gasteiger partial charge in [-0.2, -0.15) is 0 Å². The van der Waals surface area contributed by atoms with E-state index in [1.54, 1.807) is 11.8 Å². The van der Waals surface area contributed by atoms with E-state index < -0.39 is 0 Å². The second-order valence-corrected chi connectivity index (χ2v) is 4.70. The maximum atomic E-state index is 5.01. The number of benzene rings is 1. The van der Waals surface area contributed by atoms with Gasteiger partial charge < -0.3 is 0 Å². The largest absolute Gasteiger partial charge is 0.263 e. The molecule has 1 aliphatic heterocycles. The highest BCUT2D eigenvalue weighted by Gasteiger charge is 2.20. The topological polar surface area (TPSA) is 14.1 Å². The van der Waals surface area contributed by atoms with Crippen molar-refractivity contribution in [3.63, 3.8) is 0 Å². The van der Waals surface area contributed by atoms with Crippen LogP contribution in [0.25, 0.3) is 0 Å². The van der Waals surface area contributed by atoms with Crippen LogP contribution in [-0.4, -0.2) is 16.1 Å². The molecule has 13 heavy (non-hydrogen) atoms. The molecule has 1 radical (unpaired) electrons. The molecule has 1 nitrogen and oxygen atoms in total. The van der Waals surface area contributed by atoms with Gasteiger partial charge in [-0.15, -0.1) is 0 Å². The van der Waals surface area contributed by atoms with Crippen molar-refractivity contribution in [2.24, 2.45) is 0 Å². The molecule has 1 saturated heterocycles. The van der Waals surface area contributed by atoms with Crippen molar-refractivity contribution in [1.82, 2.24) is 5.32 Å². The van der Waals surface area contributed by atoms with Gasteiger partial charge >= 0.3 is 0 Å². The maximum absolute atomic E-state index is 5.01. The maximum Gasteiger partial charge on any atom is 0.155 e. The SMILES string of the molecule is S=C1[N][C@@H](Cc2ccccc2)CS1. The van der Waals surface area contributed by atoms with E-state index in [-0.39, 0.29) is 0 Å². The van der Waals surface area contributed by atoms with Gasteiger partial charge in [-0.25, -0.2) is 0 Å². The van der Waals surface area contributed by atoms with E-state index in [4.69, 9.17) is 12.2 Å². The number of thioether (sulfide) groups is 1. The summed E-state index contributed by atoms with van der Waals surface area (Å²) < 4.78 is 0.820. The molecule has 3 heteroatoms. The van der Waals surface area contributed by atoms with E-state index >= 15 is 0 Å². The molecule has 0 unspecified atom stereocenters. The van der Waals surface area contributed by atoms with Crippen LogP contribution in [0.1, 0.15) is 5.56 Å². The van der Waals surface area contributed by atoms with E-state index in [0.717, 1.165) is 16.5 Å². The molecule has 1 aliphatic rings. The summed E-state index contributed by atoms with van der Waals surface area (Å²) in [6.45, 7) is 0. The summed E-state index contributed by atoms with van der Waals surface area (Å²) >= 11 is 6.70. The molecule has 1 fully saturated rings. The zero-order valence-corrected chi connectivity index (χ0v) is 8.78. The molecule has 0 saturated carbocycles. The van der Waals surface area contributed by atoms with Gasteiger partial charge in [-0.05, 0) is 12.0 Å². The molecule has 1 aromatic carbocycles. The molecule has 0 N–H and O–H groups in total. The zero-order valence-electron chi connectivity index (χ0n) is 7.14. The Morgan fingerprint density at radius 1 is 1.38 bits per heavy atom. The molecule has 0 aromatic heterocycles. The first kappa shape index (κ1) is 9.03. The number of hydrogen-bond donors (Lipinski definition) is 0. The van der Waals surface area contributed by atoms with Gasteiger partial charge in [0.05, 0.1) is 6.04 Å². The van der Waals surface area contributed by atoms with Crippen LogP contribution in [0, 0.1) is 0 Å². The van der Waals surface area contributed by atoms with Crippen LogP contribution in [0.2, 0.25) is 0 Å². The van der Waals surface area contributed by atoms with E-state index in [2.05, 4.69) is 29.6 Å². The summed E-state index contributed by atoms with van der Waals surface area (Å²) in [5, 5.41) is 4.38. The van der Waals surface area contributed by atoms with Crippen LogP contribution in [0.15, 0.2) is 30.3 Å². The van der Waals surface area contributed by atoms with Gasteiger partial charge in [0.25, 0.3) is 0 Å². The van der Waals surface area contributed by atoms with E-state index in [9.17, 15) is 0 Å². The third-order valence-electron chi connectivity index (χ3n) is 2.00. The summed E-state index contributed by atoms with van der Waals surface area (Å²) in [5.74, 6) is 1.05. The third-order valence-corrected chi connectivity index (χ3v) is 3.36. The standard InChI is InChI=1S/C10H10NS2/c12-10-11-9(7-13-10)6-8-4-2-1-3-5-8/h1-5,9H,6-7H2/t9-/m0/s1. The summed E-state index contributed by atoms with van der Waals surface area (Å²) in [4.78, 5) is 0. The molecule has 1 aromatic rings. The first-order chi connectivity index (χ1) is 6.34. The zero-order chi connectivity index (χ0) is 9.10. The molecule has 1 atom stereocenters. The van der Waals surface area contributed by atoms with Crippen molar-refractivity contribution in [2.45, 2.75) is 12.5 Å². The number of nitrogens with zero attached hydrogens (tertiary/aromatic N) is 1. The van der Waals surface area contributed by atoms with Crippen molar-refractivity contribution < 1.29 is 0 Å². The minimum Gasteiger partial charge on any atom is -0.263 e. The van der Waals surface area contributed by atoms with Crippen LogP contribution in [0.3, 0.4) is 0 Å². The van der Waals surface area contributed by atoms with Crippen LogP contribution in [0.4, 0.5) is 0 Å². The molecule has 0 spiro atoms. The smallest absolute Gasteiger partial charge is 0.155 e. The molecule has 0 aliphatic carbocycles. The van der Waals surface area contributed by atoms with Crippen molar-refractivity contribution in [2.75, 3.05) is 5.75 Å². The first-order valence-corrected chi connectivity index (χ1v) is 5.65. The van der Waals surface area contributed by atoms with Crippen molar-refractivity contribution in [3.8, 4) is 0 Å². The number of rotatable bonds is 2. The Morgan fingerprint density at radius 3 is 2.77 bits per heavy atom. The fourth-order valence-electron chi connectivity index (χ4n) is 1.38. The van der Waals surface area contributed by atoms with Crippen LogP contribution >= 0.6 is 24.0 Å². The van der Waals surface area contributed by atoms with E-state index in [1.165, 1.54) is 5.56 Å². The molecule has 1 heterocycles. The Hall–Kier alpha value is -0.540. The highest BCUT2D eigenvalue weighted by Crippen LogP contribution is 2.18. The lowest BCUT2D eigenvalue weighted by molar-refractivity contribution is 0.682. The third kappa shape index (κ3) is 2.45. The quantitative estimate of drug-likeness (QED) is 0.692. The predicted molar refractivity (Wildman–Crippen MR) is 61.1 cm³/mol. The Kier molecular flexibility index (Phi) is 2.86. The molecular formula is C10H10NS2. The van der Waals surface area contributed by atoms with Crippen LogP contribution < -0.4 is 5.32 Å². The Morgan fingerprint density at radius 2 is 2.15 bits per heavy atom. The van der Waals surface area contributed by atoms with Crippen LogP contribution in [0.5, 0.6) is 0 Å². The average Bonchev–Trinajstić information content (AvgIpc) is 2.53. The summed E-state index contributed by atoms with van der Waals surface area (Å²) in [7, 11) is 0. The van der Waals surface area contributed by atoms with Crippen molar-refractivity contribution in [3.05, 3.63) is 35.9 Å². The second kappa shape index (κ2) is 4.11. The lowest BCUT2D eigenvalue weighted by Gasteiger charge is -2.06. The predicted octanol–water partition coefficient (Wildman–Crippen LogP) is 2.23. The summed E-state index contributed by atoms with van der Waals surface area (Å²) in [5.41, 5.74) is 1.35. The van der Waals surface area contributed by atoms with E-state index in [0.29, 0.717) is 6.04 Å². The highest BCUT2D eigenvalue weighted by atomic mass is 32.2. The van der Waals surface area contributed by atoms with E-state index in [1.807, 2.05) is 6.07 Å². The van der Waals surface area contributed by atoms with Gasteiger partial charge in [0, 0.05) is 5.75 Å². The summed E-state index contributed by atoms with van der Waals surface area (Å²) in [6.07, 6.45) is 1.02. The highest BCUT2D eigenvalue weighted by molar-refractivity contribution is 8.23. The number of hydrogen-bond acceptors (Lipinski definition) is 2. The molecule has 2 rings (SSSR count). The van der Waals surface area contributed by atoms with Crippen molar-refractivity contribution in [1.29, 1.82) is 0 Å². The second-order valence-electron chi connectivity index (χ2n) is 3.05. The minimum absolute atomic E-state index is 0.403. The molecule has 0 bridgehead atoms. The fraction of sp³-hybridized carbons (Fsp3) is 0.300.